The maximum absolute atomic E-state index is 14.3. The van der Waals surface area contributed by atoms with E-state index >= 15 is 0 Å². The van der Waals surface area contributed by atoms with Crippen LogP contribution in [0.25, 0.3) is 27.8 Å². The van der Waals surface area contributed by atoms with Gasteiger partial charge in [0.15, 0.2) is 17.2 Å². The Bertz CT molecular complexity index is 1400. The highest BCUT2D eigenvalue weighted by molar-refractivity contribution is 5.93. The Morgan fingerprint density at radius 1 is 1.29 bits per heavy atom. The lowest BCUT2D eigenvalue weighted by Gasteiger charge is -2.34. The number of nitrogens with zero attached hydrogens (tertiary/aromatic N) is 3. The zero-order valence-electron chi connectivity index (χ0n) is 19.9. The number of carbonyl (C=O) groups is 1. The number of pyridine rings is 1. The summed E-state index contributed by atoms with van der Waals surface area (Å²) in [6.07, 6.45) is 4.54. The highest BCUT2D eigenvalue weighted by Gasteiger charge is 2.40. The van der Waals surface area contributed by atoms with Gasteiger partial charge in [0, 0.05) is 28.4 Å². The lowest BCUT2D eigenvalue weighted by atomic mass is 9.69. The van der Waals surface area contributed by atoms with Gasteiger partial charge in [-0.1, -0.05) is 13.8 Å². The summed E-state index contributed by atoms with van der Waals surface area (Å²) < 4.78 is 21.7. The monoisotopic (exact) mass is 464 g/mol. The molecule has 1 aromatic carbocycles. The Balaban J connectivity index is 1.77. The van der Waals surface area contributed by atoms with Gasteiger partial charge in [-0.2, -0.15) is 5.10 Å². The Hall–Kier alpha value is -3.42. The minimum absolute atomic E-state index is 0.157. The van der Waals surface area contributed by atoms with Gasteiger partial charge in [0.25, 0.3) is 0 Å². The highest BCUT2D eigenvalue weighted by atomic mass is 19.1. The van der Waals surface area contributed by atoms with E-state index in [1.165, 1.54) is 13.2 Å². The number of hydrogen-bond donors (Lipinski definition) is 2. The van der Waals surface area contributed by atoms with Crippen LogP contribution in [0.15, 0.2) is 30.5 Å². The van der Waals surface area contributed by atoms with Gasteiger partial charge in [-0.15, -0.1) is 0 Å². The second kappa shape index (κ2) is 8.11. The summed E-state index contributed by atoms with van der Waals surface area (Å²) in [5.41, 5.74) is 4.89. The molecule has 1 aliphatic rings. The van der Waals surface area contributed by atoms with Gasteiger partial charge in [0.2, 0.25) is 0 Å². The van der Waals surface area contributed by atoms with Crippen molar-refractivity contribution in [2.75, 3.05) is 7.11 Å². The predicted molar refractivity (Wildman–Crippen MR) is 128 cm³/mol. The van der Waals surface area contributed by atoms with E-state index in [9.17, 15) is 14.3 Å². The third kappa shape index (κ3) is 3.43. The number of nitrogens with one attached hydrogen (secondary N) is 1. The first-order chi connectivity index (χ1) is 16.2. The van der Waals surface area contributed by atoms with Crippen LogP contribution < -0.4 is 4.74 Å². The van der Waals surface area contributed by atoms with E-state index in [0.717, 1.165) is 46.2 Å². The van der Waals surface area contributed by atoms with E-state index < -0.39 is 17.2 Å². The summed E-state index contributed by atoms with van der Waals surface area (Å²) in [5, 5.41) is 17.7. The molecule has 3 heterocycles. The molecule has 1 fully saturated rings. The van der Waals surface area contributed by atoms with E-state index in [2.05, 4.69) is 34.7 Å². The summed E-state index contributed by atoms with van der Waals surface area (Å²) in [6.45, 7) is 6.13. The summed E-state index contributed by atoms with van der Waals surface area (Å²) in [6, 6.07) is 6.96. The number of methoxy groups -OCH3 is 1. The number of aromatic nitrogens is 4. The van der Waals surface area contributed by atoms with Gasteiger partial charge in [-0.05, 0) is 62.6 Å². The minimum atomic E-state index is -0.729. The Morgan fingerprint density at radius 3 is 2.68 bits per heavy atom. The number of H-pyrrole nitrogens is 1. The number of aliphatic carboxylic acids is 1. The average molecular weight is 465 g/mol. The summed E-state index contributed by atoms with van der Waals surface area (Å²) in [4.78, 5) is 16.8. The highest BCUT2D eigenvalue weighted by Crippen LogP contribution is 2.48. The fourth-order valence-corrected chi connectivity index (χ4v) is 5.40. The molecule has 0 unspecified atom stereocenters. The molecule has 0 amide bonds. The Morgan fingerprint density at radius 2 is 2.03 bits per heavy atom. The zero-order valence-corrected chi connectivity index (χ0v) is 19.9. The first-order valence-corrected chi connectivity index (χ1v) is 11.7. The number of halogens is 1. The van der Waals surface area contributed by atoms with Crippen LogP contribution in [0, 0.1) is 11.2 Å². The maximum atomic E-state index is 14.3. The molecule has 0 atom stereocenters. The smallest absolute Gasteiger partial charge is 0.309 e. The van der Waals surface area contributed by atoms with Crippen molar-refractivity contribution in [2.45, 2.75) is 58.3 Å². The van der Waals surface area contributed by atoms with Crippen LogP contribution in [0.1, 0.15) is 69.5 Å². The van der Waals surface area contributed by atoms with Crippen molar-refractivity contribution in [1.29, 1.82) is 0 Å². The summed E-state index contributed by atoms with van der Waals surface area (Å²) in [7, 11) is 1.46. The van der Waals surface area contributed by atoms with E-state index in [4.69, 9.17) is 9.72 Å². The molecule has 0 bridgehead atoms. The second-order valence-electron chi connectivity index (χ2n) is 9.91. The van der Waals surface area contributed by atoms with Gasteiger partial charge >= 0.3 is 5.97 Å². The molecule has 4 aromatic rings. The zero-order chi connectivity index (χ0) is 24.2. The fourth-order valence-electron chi connectivity index (χ4n) is 5.40. The molecule has 0 saturated heterocycles. The topological polar surface area (TPSA) is 93.0 Å². The van der Waals surface area contributed by atoms with Crippen molar-refractivity contribution in [1.82, 2.24) is 19.7 Å². The first-order valence-electron chi connectivity index (χ1n) is 11.7. The van der Waals surface area contributed by atoms with E-state index in [-0.39, 0.29) is 17.6 Å². The molecular weight excluding hydrogens is 435 g/mol. The summed E-state index contributed by atoms with van der Waals surface area (Å²) >= 11 is 0. The predicted octanol–water partition coefficient (Wildman–Crippen LogP) is 5.92. The largest absolute Gasteiger partial charge is 0.494 e. The van der Waals surface area contributed by atoms with Crippen LogP contribution in [0.2, 0.25) is 0 Å². The van der Waals surface area contributed by atoms with Crippen molar-refractivity contribution in [3.63, 3.8) is 0 Å². The van der Waals surface area contributed by atoms with Crippen LogP contribution in [-0.2, 0) is 4.79 Å². The molecule has 1 saturated carbocycles. The number of aromatic amines is 1. The van der Waals surface area contributed by atoms with Gasteiger partial charge < -0.3 is 14.4 Å². The van der Waals surface area contributed by atoms with Crippen LogP contribution in [0.4, 0.5) is 4.39 Å². The molecule has 7 nitrogen and oxygen atoms in total. The number of ether oxygens (including phenoxy) is 1. The number of carboxylic acids is 1. The van der Waals surface area contributed by atoms with Gasteiger partial charge in [-0.3, -0.25) is 9.89 Å². The molecule has 2 N–H and O–H groups in total. The van der Waals surface area contributed by atoms with Crippen LogP contribution in [0.3, 0.4) is 0 Å². The van der Waals surface area contributed by atoms with Crippen LogP contribution in [0.5, 0.6) is 5.75 Å². The molecule has 34 heavy (non-hydrogen) atoms. The Kier molecular flexibility index (Phi) is 5.34. The number of benzene rings is 1. The molecule has 8 heteroatoms. The molecule has 3 aromatic heterocycles. The van der Waals surface area contributed by atoms with Crippen molar-refractivity contribution in [3.8, 4) is 11.4 Å². The SMILES string of the molecule is COc1cc(-n2c(C(C)C)c(C3CCC(C)(C(=O)O)CC3)c3nc4[nH]ncc4cc32)ccc1F. The standard InChI is InChI=1S/C26H29FN4O3/c1-14(2)23-21(15-7-9-26(3,10-8-15)25(32)33)22-19(11-16-13-28-30-24(16)29-22)31(23)17-5-6-18(27)20(12-17)34-4/h5-6,11-15H,7-10H2,1-4H3,(H,32,33)(H,28,29,30). The van der Waals surface area contributed by atoms with Crippen molar-refractivity contribution in [3.05, 3.63) is 47.5 Å². The van der Waals surface area contributed by atoms with Crippen molar-refractivity contribution < 1.29 is 19.0 Å². The molecule has 5 rings (SSSR count). The average Bonchev–Trinajstić information content (AvgIpc) is 3.40. The van der Waals surface area contributed by atoms with Crippen LogP contribution in [-0.4, -0.2) is 37.9 Å². The Labute approximate surface area is 196 Å². The molecular formula is C26H29FN4O3. The van der Waals surface area contributed by atoms with Crippen molar-refractivity contribution in [2.24, 2.45) is 5.41 Å². The third-order valence-corrected chi connectivity index (χ3v) is 7.37. The molecule has 0 spiro atoms. The van der Waals surface area contributed by atoms with E-state index in [1.807, 2.05) is 6.92 Å². The minimum Gasteiger partial charge on any atom is -0.494 e. The number of hydrogen-bond acceptors (Lipinski definition) is 4. The van der Waals surface area contributed by atoms with Gasteiger partial charge in [-0.25, -0.2) is 9.37 Å². The van der Waals surface area contributed by atoms with Gasteiger partial charge in [0.1, 0.15) is 0 Å². The maximum Gasteiger partial charge on any atom is 0.309 e. The number of fused-ring (bicyclic) bond motifs is 2. The van der Waals surface area contributed by atoms with Gasteiger partial charge in [0.05, 0.1) is 29.8 Å². The molecule has 1 aliphatic carbocycles. The molecule has 178 valence electrons. The molecule has 0 radical (unpaired) electrons. The first kappa shape index (κ1) is 22.4. The number of carboxylic acid groups (broad SMARTS) is 1. The van der Waals surface area contributed by atoms with E-state index in [1.54, 1.807) is 18.3 Å². The lowest BCUT2D eigenvalue weighted by Crippen LogP contribution is -2.32. The third-order valence-electron chi connectivity index (χ3n) is 7.37. The van der Waals surface area contributed by atoms with Crippen molar-refractivity contribution >= 4 is 28.0 Å². The number of rotatable bonds is 5. The quantitative estimate of drug-likeness (QED) is 0.382. The van der Waals surface area contributed by atoms with Crippen LogP contribution >= 0.6 is 0 Å². The normalized spacial score (nSPS) is 20.9. The lowest BCUT2D eigenvalue weighted by molar-refractivity contribution is -0.149. The summed E-state index contributed by atoms with van der Waals surface area (Å²) in [5.74, 6) is -0.617. The fraction of sp³-hybridized carbons (Fsp3) is 0.423. The van der Waals surface area contributed by atoms with E-state index in [0.29, 0.717) is 18.5 Å². The second-order valence-corrected chi connectivity index (χ2v) is 9.91. The molecule has 0 aliphatic heterocycles.